The molecule has 0 saturated carbocycles. The first-order chi connectivity index (χ1) is 6.70. The lowest BCUT2D eigenvalue weighted by molar-refractivity contribution is -0.117. The number of carbonyl (C=O) groups is 1. The zero-order chi connectivity index (χ0) is 10.1. The molecule has 1 fully saturated rings. The van der Waals surface area contributed by atoms with Crippen LogP contribution in [0.2, 0.25) is 0 Å². The molecule has 1 amide bonds. The smallest absolute Gasteiger partial charge is 0.231 e. The number of aryl methyl sites for hydroxylation is 1. The minimum absolute atomic E-state index is 0.0729. The summed E-state index contributed by atoms with van der Waals surface area (Å²) in [5.41, 5.74) is 0. The summed E-state index contributed by atoms with van der Waals surface area (Å²) in [6.07, 6.45) is 0.458. The summed E-state index contributed by atoms with van der Waals surface area (Å²) in [5.74, 6) is -0.0729. The van der Waals surface area contributed by atoms with Gasteiger partial charge < -0.3 is 5.11 Å². The van der Waals surface area contributed by atoms with Crippen LogP contribution in [0.4, 0.5) is 5.13 Å². The molecule has 2 rings (SSSR count). The van der Waals surface area contributed by atoms with Gasteiger partial charge in [0.05, 0.1) is 19.1 Å². The van der Waals surface area contributed by atoms with Gasteiger partial charge in [0.15, 0.2) is 0 Å². The Labute approximate surface area is 85.4 Å². The van der Waals surface area contributed by atoms with Gasteiger partial charge in [0.1, 0.15) is 5.01 Å². The van der Waals surface area contributed by atoms with Crippen LogP contribution in [-0.4, -0.2) is 33.9 Å². The molecule has 1 unspecified atom stereocenters. The van der Waals surface area contributed by atoms with E-state index in [1.807, 2.05) is 6.92 Å². The fraction of sp³-hybridized carbons (Fsp3) is 0.625. The number of rotatable bonds is 2. The van der Waals surface area contributed by atoms with E-state index < -0.39 is 6.10 Å². The second kappa shape index (κ2) is 3.62. The van der Waals surface area contributed by atoms with Crippen LogP contribution >= 0.6 is 11.3 Å². The van der Waals surface area contributed by atoms with Crippen molar-refractivity contribution < 1.29 is 9.90 Å². The number of amides is 1. The van der Waals surface area contributed by atoms with Crippen LogP contribution in [0.3, 0.4) is 0 Å². The molecule has 0 aliphatic carbocycles. The Kier molecular flexibility index (Phi) is 2.47. The summed E-state index contributed by atoms with van der Waals surface area (Å²) >= 11 is 1.41. The van der Waals surface area contributed by atoms with Crippen molar-refractivity contribution in [3.8, 4) is 0 Å². The lowest BCUT2D eigenvalue weighted by atomic mass is 10.3. The summed E-state index contributed by atoms with van der Waals surface area (Å²) in [4.78, 5) is 12.9. The van der Waals surface area contributed by atoms with Gasteiger partial charge in [-0.25, -0.2) is 0 Å². The monoisotopic (exact) mass is 213 g/mol. The van der Waals surface area contributed by atoms with E-state index in [9.17, 15) is 9.90 Å². The largest absolute Gasteiger partial charge is 0.391 e. The van der Waals surface area contributed by atoms with Crippen LogP contribution < -0.4 is 4.90 Å². The van der Waals surface area contributed by atoms with Gasteiger partial charge in [-0.05, 0) is 6.42 Å². The Morgan fingerprint density at radius 2 is 2.43 bits per heavy atom. The lowest BCUT2D eigenvalue weighted by Crippen LogP contribution is -2.24. The Morgan fingerprint density at radius 1 is 1.64 bits per heavy atom. The molecule has 5 nitrogen and oxygen atoms in total. The maximum absolute atomic E-state index is 11.4. The second-order valence-electron chi connectivity index (χ2n) is 3.19. The first-order valence-electron chi connectivity index (χ1n) is 4.51. The highest BCUT2D eigenvalue weighted by Gasteiger charge is 2.31. The first kappa shape index (κ1) is 9.54. The molecular weight excluding hydrogens is 202 g/mol. The topological polar surface area (TPSA) is 66.3 Å². The zero-order valence-corrected chi connectivity index (χ0v) is 8.62. The molecule has 0 spiro atoms. The van der Waals surface area contributed by atoms with E-state index in [4.69, 9.17) is 0 Å². The average molecular weight is 213 g/mol. The standard InChI is InChI=1S/C8H11N3O2S/c1-2-6-9-10-8(14-6)11-4-5(12)3-7(11)13/h5,12H,2-4H2,1H3. The fourth-order valence-electron chi connectivity index (χ4n) is 1.37. The Morgan fingerprint density at radius 3 is 2.93 bits per heavy atom. The summed E-state index contributed by atoms with van der Waals surface area (Å²) < 4.78 is 0. The molecule has 6 heteroatoms. The third-order valence-electron chi connectivity index (χ3n) is 2.09. The van der Waals surface area contributed by atoms with Crippen molar-refractivity contribution in [2.45, 2.75) is 25.9 Å². The van der Waals surface area contributed by atoms with Gasteiger partial charge in [-0.1, -0.05) is 18.3 Å². The van der Waals surface area contributed by atoms with Crippen molar-refractivity contribution in [3.05, 3.63) is 5.01 Å². The van der Waals surface area contributed by atoms with Crippen LogP contribution in [-0.2, 0) is 11.2 Å². The Hall–Kier alpha value is -1.01. The number of hydrogen-bond donors (Lipinski definition) is 1. The highest BCUT2D eigenvalue weighted by Crippen LogP contribution is 2.25. The van der Waals surface area contributed by atoms with Crippen molar-refractivity contribution in [2.24, 2.45) is 0 Å². The van der Waals surface area contributed by atoms with Crippen molar-refractivity contribution in [2.75, 3.05) is 11.4 Å². The fourth-order valence-corrected chi connectivity index (χ4v) is 2.18. The molecule has 1 aromatic heterocycles. The van der Waals surface area contributed by atoms with Crippen LogP contribution in [0.5, 0.6) is 0 Å². The summed E-state index contributed by atoms with van der Waals surface area (Å²) in [5, 5.41) is 18.6. The van der Waals surface area contributed by atoms with E-state index in [-0.39, 0.29) is 12.3 Å². The van der Waals surface area contributed by atoms with Gasteiger partial charge in [0.25, 0.3) is 0 Å². The Bertz CT molecular complexity index is 352. The number of nitrogens with zero attached hydrogens (tertiary/aromatic N) is 3. The quantitative estimate of drug-likeness (QED) is 0.762. The van der Waals surface area contributed by atoms with Crippen molar-refractivity contribution >= 4 is 22.4 Å². The van der Waals surface area contributed by atoms with E-state index in [1.54, 1.807) is 0 Å². The van der Waals surface area contributed by atoms with E-state index in [2.05, 4.69) is 10.2 Å². The molecule has 1 saturated heterocycles. The molecule has 0 radical (unpaired) electrons. The van der Waals surface area contributed by atoms with Gasteiger partial charge in [0.2, 0.25) is 11.0 Å². The first-order valence-corrected chi connectivity index (χ1v) is 5.33. The molecule has 2 heterocycles. The molecular formula is C8H11N3O2S. The number of carbonyl (C=O) groups excluding carboxylic acids is 1. The SMILES string of the molecule is CCc1nnc(N2CC(O)CC2=O)s1. The predicted octanol–water partition coefficient (Wildman–Crippen LogP) is 0.198. The molecule has 1 aliphatic heterocycles. The number of hydrogen-bond acceptors (Lipinski definition) is 5. The molecule has 0 bridgehead atoms. The van der Waals surface area contributed by atoms with E-state index >= 15 is 0 Å². The number of aliphatic hydroxyl groups excluding tert-OH is 1. The highest BCUT2D eigenvalue weighted by molar-refractivity contribution is 7.15. The van der Waals surface area contributed by atoms with E-state index in [0.717, 1.165) is 11.4 Å². The Balaban J connectivity index is 2.18. The summed E-state index contributed by atoms with van der Waals surface area (Å²) in [6, 6.07) is 0. The van der Waals surface area contributed by atoms with Crippen LogP contribution in [0.15, 0.2) is 0 Å². The van der Waals surface area contributed by atoms with E-state index in [1.165, 1.54) is 16.2 Å². The van der Waals surface area contributed by atoms with Crippen molar-refractivity contribution in [1.29, 1.82) is 0 Å². The highest BCUT2D eigenvalue weighted by atomic mass is 32.1. The molecule has 1 atom stereocenters. The summed E-state index contributed by atoms with van der Waals surface area (Å²) in [6.45, 7) is 2.34. The number of aliphatic hydroxyl groups is 1. The zero-order valence-electron chi connectivity index (χ0n) is 7.80. The predicted molar refractivity (Wildman–Crippen MR) is 52.3 cm³/mol. The molecule has 1 N–H and O–H groups in total. The molecule has 0 aromatic carbocycles. The normalized spacial score (nSPS) is 22.0. The van der Waals surface area contributed by atoms with Crippen LogP contribution in [0, 0.1) is 0 Å². The summed E-state index contributed by atoms with van der Waals surface area (Å²) in [7, 11) is 0. The van der Waals surface area contributed by atoms with Crippen molar-refractivity contribution in [1.82, 2.24) is 10.2 Å². The van der Waals surface area contributed by atoms with Gasteiger partial charge >= 0.3 is 0 Å². The molecule has 76 valence electrons. The third-order valence-corrected chi connectivity index (χ3v) is 3.18. The van der Waals surface area contributed by atoms with Gasteiger partial charge in [-0.15, -0.1) is 10.2 Å². The van der Waals surface area contributed by atoms with Gasteiger partial charge in [0, 0.05) is 0 Å². The second-order valence-corrected chi connectivity index (χ2v) is 4.23. The average Bonchev–Trinajstić information content (AvgIpc) is 2.71. The lowest BCUT2D eigenvalue weighted by Gasteiger charge is -2.09. The van der Waals surface area contributed by atoms with Gasteiger partial charge in [-0.2, -0.15) is 0 Å². The minimum atomic E-state index is -0.559. The third kappa shape index (κ3) is 1.62. The van der Waals surface area contributed by atoms with Crippen molar-refractivity contribution in [3.63, 3.8) is 0 Å². The van der Waals surface area contributed by atoms with Crippen LogP contribution in [0.1, 0.15) is 18.4 Å². The maximum Gasteiger partial charge on any atom is 0.231 e. The minimum Gasteiger partial charge on any atom is -0.391 e. The molecule has 1 aliphatic rings. The van der Waals surface area contributed by atoms with Crippen LogP contribution in [0.25, 0.3) is 0 Å². The van der Waals surface area contributed by atoms with Gasteiger partial charge in [-0.3, -0.25) is 9.69 Å². The molecule has 1 aromatic rings. The van der Waals surface area contributed by atoms with E-state index in [0.29, 0.717) is 11.7 Å². The molecule has 14 heavy (non-hydrogen) atoms. The number of β-amino-alcohol motifs (C(OH)–C–C–N with tert-alkyl or cyclic N) is 1. The number of anilines is 1. The maximum atomic E-state index is 11.4. The number of aromatic nitrogens is 2.